The summed E-state index contributed by atoms with van der Waals surface area (Å²) in [5.74, 6) is -0.589. The van der Waals surface area contributed by atoms with Crippen LogP contribution >= 0.6 is 0 Å². The third-order valence-electron chi connectivity index (χ3n) is 4.43. The first kappa shape index (κ1) is 16.4. The summed E-state index contributed by atoms with van der Waals surface area (Å²) in [5, 5.41) is 12.3. The van der Waals surface area contributed by atoms with E-state index in [0.29, 0.717) is 34.0 Å². The van der Waals surface area contributed by atoms with Gasteiger partial charge in [0.05, 0.1) is 34.1 Å². The summed E-state index contributed by atoms with van der Waals surface area (Å²) in [6, 6.07) is 1.75. The van der Waals surface area contributed by atoms with Crippen LogP contribution < -0.4 is 5.43 Å². The smallest absolute Gasteiger partial charge is 0.272 e. The molecule has 0 bridgehead atoms. The van der Waals surface area contributed by atoms with Gasteiger partial charge in [0.2, 0.25) is 5.95 Å². The summed E-state index contributed by atoms with van der Waals surface area (Å²) in [6.07, 6.45) is 3.34. The van der Waals surface area contributed by atoms with Gasteiger partial charge < -0.3 is 4.52 Å². The minimum atomic E-state index is -0.516. The molecule has 0 spiro atoms. The van der Waals surface area contributed by atoms with Crippen LogP contribution in [0.5, 0.6) is 0 Å². The van der Waals surface area contributed by atoms with E-state index < -0.39 is 11.9 Å². The number of nitrogens with zero attached hydrogens (tertiary/aromatic N) is 5. The lowest BCUT2D eigenvalue weighted by molar-refractivity contribution is 0.0956. The second-order valence-electron chi connectivity index (χ2n) is 6.43. The normalized spacial score (nSPS) is 14.5. The number of carbonyl (C=O) groups excluding carboxylic acids is 1. The SMILES string of the molecule is Cc1nn(C)c(F)c1/C=N\NC(=O)c1cc(C2CC2)nc2onc(C)c12. The first-order chi connectivity index (χ1) is 12.5. The molecule has 1 amide bonds. The molecule has 9 heteroatoms. The number of hydrogen-bond acceptors (Lipinski definition) is 6. The highest BCUT2D eigenvalue weighted by molar-refractivity contribution is 6.06. The quantitative estimate of drug-likeness (QED) is 0.571. The van der Waals surface area contributed by atoms with Gasteiger partial charge in [0.25, 0.3) is 11.6 Å². The molecular formula is C17H17FN6O2. The van der Waals surface area contributed by atoms with Gasteiger partial charge in [-0.25, -0.2) is 15.1 Å². The number of fused-ring (bicyclic) bond motifs is 1. The molecule has 4 rings (SSSR count). The predicted molar refractivity (Wildman–Crippen MR) is 91.5 cm³/mol. The van der Waals surface area contributed by atoms with Gasteiger partial charge in [-0.15, -0.1) is 0 Å². The largest absolute Gasteiger partial charge is 0.336 e. The molecule has 3 aromatic rings. The average molecular weight is 356 g/mol. The number of amides is 1. The fourth-order valence-corrected chi connectivity index (χ4v) is 2.89. The summed E-state index contributed by atoms with van der Waals surface area (Å²) in [4.78, 5) is 17.1. The van der Waals surface area contributed by atoms with Crippen LogP contribution in [0.1, 0.15) is 51.8 Å². The van der Waals surface area contributed by atoms with Crippen LogP contribution in [0.2, 0.25) is 0 Å². The van der Waals surface area contributed by atoms with Gasteiger partial charge in [-0.1, -0.05) is 5.16 Å². The van der Waals surface area contributed by atoms with Crippen LogP contribution in [-0.4, -0.2) is 32.0 Å². The molecule has 0 atom stereocenters. The standard InChI is InChI=1S/C17H17FN6O2/c1-8-12(15(18)24(3)22-8)7-19-21-16(25)11-6-13(10-4-5-10)20-17-14(11)9(2)23-26-17/h6-7,10H,4-5H2,1-3H3,(H,21,25)/b19-7-. The number of halogens is 1. The molecule has 3 aromatic heterocycles. The second kappa shape index (κ2) is 6.01. The Balaban J connectivity index is 1.63. The molecule has 1 N–H and O–H groups in total. The number of pyridine rings is 1. The highest BCUT2D eigenvalue weighted by Crippen LogP contribution is 2.40. The summed E-state index contributed by atoms with van der Waals surface area (Å²) in [6.45, 7) is 3.42. The van der Waals surface area contributed by atoms with Gasteiger partial charge in [-0.3, -0.25) is 4.79 Å². The zero-order valence-corrected chi connectivity index (χ0v) is 14.6. The Morgan fingerprint density at radius 2 is 2.19 bits per heavy atom. The molecule has 1 saturated carbocycles. The fraction of sp³-hybridized carbons (Fsp3) is 0.353. The van der Waals surface area contributed by atoms with E-state index in [9.17, 15) is 9.18 Å². The summed E-state index contributed by atoms with van der Waals surface area (Å²) in [7, 11) is 1.50. The number of rotatable bonds is 4. The van der Waals surface area contributed by atoms with E-state index in [4.69, 9.17) is 4.52 Å². The van der Waals surface area contributed by atoms with Crippen molar-refractivity contribution in [3.05, 3.63) is 40.2 Å². The van der Waals surface area contributed by atoms with Crippen LogP contribution in [0.25, 0.3) is 11.1 Å². The predicted octanol–water partition coefficient (Wildman–Crippen LogP) is 2.35. The third kappa shape index (κ3) is 2.75. The highest BCUT2D eigenvalue weighted by Gasteiger charge is 2.28. The molecule has 8 nitrogen and oxygen atoms in total. The van der Waals surface area contributed by atoms with Crippen molar-refractivity contribution in [1.82, 2.24) is 25.3 Å². The molecule has 1 fully saturated rings. The van der Waals surface area contributed by atoms with Crippen LogP contribution in [-0.2, 0) is 7.05 Å². The number of hydrazone groups is 1. The number of aromatic nitrogens is 4. The number of aryl methyl sites for hydroxylation is 3. The van der Waals surface area contributed by atoms with Crippen molar-refractivity contribution in [2.45, 2.75) is 32.6 Å². The lowest BCUT2D eigenvalue weighted by Crippen LogP contribution is -2.18. The molecule has 0 unspecified atom stereocenters. The van der Waals surface area contributed by atoms with Crippen LogP contribution in [0.4, 0.5) is 4.39 Å². The Labute approximate surface area is 148 Å². The van der Waals surface area contributed by atoms with E-state index in [1.54, 1.807) is 19.9 Å². The molecule has 0 radical (unpaired) electrons. The third-order valence-corrected chi connectivity index (χ3v) is 4.43. The van der Waals surface area contributed by atoms with Crippen molar-refractivity contribution in [2.24, 2.45) is 12.1 Å². The molecule has 1 aliphatic carbocycles. The maximum atomic E-state index is 13.9. The maximum Gasteiger partial charge on any atom is 0.272 e. The van der Waals surface area contributed by atoms with Crippen molar-refractivity contribution in [3.63, 3.8) is 0 Å². The molecular weight excluding hydrogens is 339 g/mol. The fourth-order valence-electron chi connectivity index (χ4n) is 2.89. The number of carbonyl (C=O) groups is 1. The molecule has 0 aliphatic heterocycles. The van der Waals surface area contributed by atoms with Gasteiger partial charge in [0.15, 0.2) is 0 Å². The zero-order valence-electron chi connectivity index (χ0n) is 14.6. The van der Waals surface area contributed by atoms with Crippen molar-refractivity contribution >= 4 is 23.2 Å². The van der Waals surface area contributed by atoms with E-state index >= 15 is 0 Å². The summed E-state index contributed by atoms with van der Waals surface area (Å²) < 4.78 is 20.3. The molecule has 3 heterocycles. The molecule has 0 aromatic carbocycles. The Morgan fingerprint density at radius 1 is 1.42 bits per heavy atom. The van der Waals surface area contributed by atoms with E-state index in [1.165, 1.54) is 13.3 Å². The Hall–Kier alpha value is -3.10. The van der Waals surface area contributed by atoms with E-state index in [2.05, 4.69) is 25.8 Å². The first-order valence-electron chi connectivity index (χ1n) is 8.25. The minimum Gasteiger partial charge on any atom is -0.336 e. The van der Waals surface area contributed by atoms with E-state index in [-0.39, 0.29) is 5.56 Å². The number of hydrogen-bond donors (Lipinski definition) is 1. The minimum absolute atomic E-state index is 0.229. The van der Waals surface area contributed by atoms with Gasteiger partial charge in [-0.2, -0.15) is 14.6 Å². The van der Waals surface area contributed by atoms with Crippen LogP contribution in [0.15, 0.2) is 15.7 Å². The molecule has 1 aliphatic rings. The van der Waals surface area contributed by atoms with Crippen molar-refractivity contribution in [3.8, 4) is 0 Å². The highest BCUT2D eigenvalue weighted by atomic mass is 19.1. The Kier molecular flexibility index (Phi) is 3.78. The van der Waals surface area contributed by atoms with Gasteiger partial charge >= 0.3 is 0 Å². The lowest BCUT2D eigenvalue weighted by atomic mass is 10.1. The van der Waals surface area contributed by atoms with Crippen molar-refractivity contribution < 1.29 is 13.7 Å². The van der Waals surface area contributed by atoms with Gasteiger partial charge in [-0.05, 0) is 32.8 Å². The Bertz CT molecular complexity index is 1050. The zero-order chi connectivity index (χ0) is 18.4. The second-order valence-corrected chi connectivity index (χ2v) is 6.43. The summed E-state index contributed by atoms with van der Waals surface area (Å²) in [5.41, 5.74) is 5.29. The molecule has 134 valence electrons. The van der Waals surface area contributed by atoms with Crippen LogP contribution in [0.3, 0.4) is 0 Å². The van der Waals surface area contributed by atoms with Gasteiger partial charge in [0, 0.05) is 18.7 Å². The number of nitrogens with one attached hydrogen (secondary N) is 1. The topological polar surface area (TPSA) is 98.2 Å². The maximum absolute atomic E-state index is 13.9. The monoisotopic (exact) mass is 356 g/mol. The summed E-state index contributed by atoms with van der Waals surface area (Å²) >= 11 is 0. The van der Waals surface area contributed by atoms with Gasteiger partial charge in [0.1, 0.15) is 0 Å². The van der Waals surface area contributed by atoms with Crippen LogP contribution in [0, 0.1) is 19.8 Å². The lowest BCUT2D eigenvalue weighted by Gasteiger charge is -2.04. The first-order valence-corrected chi connectivity index (χ1v) is 8.25. The van der Waals surface area contributed by atoms with E-state index in [1.807, 2.05) is 0 Å². The van der Waals surface area contributed by atoms with Crippen molar-refractivity contribution in [1.29, 1.82) is 0 Å². The van der Waals surface area contributed by atoms with E-state index in [0.717, 1.165) is 23.2 Å². The molecule has 26 heavy (non-hydrogen) atoms. The molecule has 0 saturated heterocycles. The average Bonchev–Trinajstić information content (AvgIpc) is 3.36. The Morgan fingerprint density at radius 3 is 2.85 bits per heavy atom. The van der Waals surface area contributed by atoms with Crippen molar-refractivity contribution in [2.75, 3.05) is 0 Å².